The van der Waals surface area contributed by atoms with E-state index in [9.17, 15) is 8.42 Å². The molecular weight excluding hydrogens is 290 g/mol. The van der Waals surface area contributed by atoms with Crippen molar-refractivity contribution in [2.24, 2.45) is 0 Å². The first-order chi connectivity index (χ1) is 10.1. The fraction of sp³-hybridized carbons (Fsp3) is 0.214. The molecule has 0 aliphatic heterocycles. The molecular formula is C14H17N3O3S. The second-order valence-electron chi connectivity index (χ2n) is 4.26. The number of nitrogens with one attached hydrogen (secondary N) is 2. The van der Waals surface area contributed by atoms with Gasteiger partial charge in [-0.3, -0.25) is 9.71 Å². The molecule has 1 aromatic carbocycles. The zero-order chi connectivity index (χ0) is 15.1. The Kier molecular flexibility index (Phi) is 5.13. The number of ether oxygens (including phenoxy) is 1. The van der Waals surface area contributed by atoms with E-state index in [4.69, 9.17) is 4.74 Å². The normalized spacial score (nSPS) is 11.1. The third-order valence-electron chi connectivity index (χ3n) is 2.69. The van der Waals surface area contributed by atoms with Gasteiger partial charge < -0.3 is 10.1 Å². The molecule has 0 aliphatic carbocycles. The number of pyridine rings is 1. The molecule has 0 aliphatic rings. The van der Waals surface area contributed by atoms with Crippen LogP contribution in [-0.4, -0.2) is 33.6 Å². The first-order valence-corrected chi connectivity index (χ1v) is 7.90. The zero-order valence-corrected chi connectivity index (χ0v) is 12.4. The van der Waals surface area contributed by atoms with Gasteiger partial charge in [-0.05, 0) is 43.4 Å². The summed E-state index contributed by atoms with van der Waals surface area (Å²) in [5.41, 5.74) is 0.472. The first kappa shape index (κ1) is 15.3. The highest BCUT2D eigenvalue weighted by Crippen LogP contribution is 2.18. The Labute approximate surface area is 124 Å². The minimum Gasteiger partial charge on any atom is -0.492 e. The number of sulfonamides is 1. The van der Waals surface area contributed by atoms with E-state index in [1.165, 1.54) is 24.5 Å². The van der Waals surface area contributed by atoms with Gasteiger partial charge in [0.15, 0.2) is 0 Å². The number of benzene rings is 1. The Morgan fingerprint density at radius 1 is 1.10 bits per heavy atom. The van der Waals surface area contributed by atoms with Crippen LogP contribution in [0.25, 0.3) is 0 Å². The van der Waals surface area contributed by atoms with Gasteiger partial charge in [-0.15, -0.1) is 0 Å². The van der Waals surface area contributed by atoms with Crippen LogP contribution in [0.5, 0.6) is 5.75 Å². The second-order valence-corrected chi connectivity index (χ2v) is 5.95. The van der Waals surface area contributed by atoms with Gasteiger partial charge in [0.25, 0.3) is 10.0 Å². The summed E-state index contributed by atoms with van der Waals surface area (Å²) >= 11 is 0. The number of aromatic nitrogens is 1. The van der Waals surface area contributed by atoms with Gasteiger partial charge in [0.2, 0.25) is 0 Å². The van der Waals surface area contributed by atoms with Gasteiger partial charge in [0.05, 0.1) is 10.6 Å². The molecule has 0 unspecified atom stereocenters. The third kappa shape index (κ3) is 4.44. The first-order valence-electron chi connectivity index (χ1n) is 6.42. The van der Waals surface area contributed by atoms with E-state index in [1.54, 1.807) is 24.3 Å². The van der Waals surface area contributed by atoms with Crippen LogP contribution in [0.3, 0.4) is 0 Å². The molecule has 1 heterocycles. The van der Waals surface area contributed by atoms with Crippen molar-refractivity contribution in [1.29, 1.82) is 0 Å². The van der Waals surface area contributed by atoms with Crippen molar-refractivity contribution in [3.63, 3.8) is 0 Å². The van der Waals surface area contributed by atoms with Crippen LogP contribution in [0.1, 0.15) is 0 Å². The van der Waals surface area contributed by atoms with Gasteiger partial charge in [0.1, 0.15) is 12.4 Å². The fourth-order valence-corrected chi connectivity index (χ4v) is 2.68. The summed E-state index contributed by atoms with van der Waals surface area (Å²) in [6.07, 6.45) is 3.05. The van der Waals surface area contributed by atoms with Crippen molar-refractivity contribution in [2.75, 3.05) is 24.9 Å². The Morgan fingerprint density at radius 2 is 1.76 bits per heavy atom. The van der Waals surface area contributed by atoms with Gasteiger partial charge in [-0.2, -0.15) is 0 Å². The van der Waals surface area contributed by atoms with Gasteiger partial charge >= 0.3 is 0 Å². The lowest BCUT2D eigenvalue weighted by Gasteiger charge is -2.09. The zero-order valence-electron chi connectivity index (χ0n) is 11.6. The molecule has 2 N–H and O–H groups in total. The fourth-order valence-electron chi connectivity index (χ4n) is 1.62. The number of rotatable bonds is 7. The average molecular weight is 307 g/mol. The highest BCUT2D eigenvalue weighted by molar-refractivity contribution is 7.92. The molecule has 0 bridgehead atoms. The molecule has 0 saturated carbocycles. The molecule has 0 amide bonds. The minimum absolute atomic E-state index is 0.181. The molecule has 21 heavy (non-hydrogen) atoms. The quantitative estimate of drug-likeness (QED) is 0.757. The molecule has 0 radical (unpaired) electrons. The van der Waals surface area contributed by atoms with Crippen LogP contribution >= 0.6 is 0 Å². The van der Waals surface area contributed by atoms with Gasteiger partial charge in [0, 0.05) is 18.9 Å². The maximum absolute atomic E-state index is 12.2. The highest BCUT2D eigenvalue weighted by atomic mass is 32.2. The lowest BCUT2D eigenvalue weighted by atomic mass is 10.3. The van der Waals surface area contributed by atoms with Gasteiger partial charge in [-0.25, -0.2) is 8.42 Å². The van der Waals surface area contributed by atoms with Crippen LogP contribution in [0, 0.1) is 0 Å². The molecule has 2 rings (SSSR count). The van der Waals surface area contributed by atoms with Crippen molar-refractivity contribution in [3.8, 4) is 5.75 Å². The van der Waals surface area contributed by atoms with E-state index in [2.05, 4.69) is 15.0 Å². The van der Waals surface area contributed by atoms with Crippen LogP contribution in [0.15, 0.2) is 53.7 Å². The standard InChI is InChI=1S/C14H17N3O3S/c1-15-10-11-20-13-2-4-14(5-3-13)21(18,19)17-12-6-8-16-9-7-12/h2-9,15H,10-11H2,1H3,(H,16,17). The molecule has 0 atom stereocenters. The van der Waals surface area contributed by atoms with Crippen LogP contribution in [-0.2, 0) is 10.0 Å². The molecule has 1 aromatic heterocycles. The summed E-state index contributed by atoms with van der Waals surface area (Å²) in [6, 6.07) is 9.48. The number of anilines is 1. The molecule has 112 valence electrons. The summed E-state index contributed by atoms with van der Waals surface area (Å²) in [6.45, 7) is 1.25. The number of likely N-dealkylation sites (N-methyl/N-ethyl adjacent to an activating group) is 1. The lowest BCUT2D eigenvalue weighted by molar-refractivity contribution is 0.318. The molecule has 0 saturated heterocycles. The van der Waals surface area contributed by atoms with E-state index in [0.717, 1.165) is 6.54 Å². The molecule has 0 spiro atoms. The van der Waals surface area contributed by atoms with Crippen molar-refractivity contribution < 1.29 is 13.2 Å². The van der Waals surface area contributed by atoms with E-state index in [0.29, 0.717) is 18.0 Å². The minimum atomic E-state index is -3.60. The maximum atomic E-state index is 12.2. The predicted molar refractivity (Wildman–Crippen MR) is 80.9 cm³/mol. The second kappa shape index (κ2) is 7.05. The van der Waals surface area contributed by atoms with Crippen LogP contribution in [0.4, 0.5) is 5.69 Å². The largest absolute Gasteiger partial charge is 0.492 e. The Bertz CT molecular complexity index is 658. The van der Waals surface area contributed by atoms with E-state index in [1.807, 2.05) is 7.05 Å². The number of nitrogens with zero attached hydrogens (tertiary/aromatic N) is 1. The van der Waals surface area contributed by atoms with E-state index >= 15 is 0 Å². The van der Waals surface area contributed by atoms with Crippen molar-refractivity contribution >= 4 is 15.7 Å². The van der Waals surface area contributed by atoms with Crippen LogP contribution in [0.2, 0.25) is 0 Å². The van der Waals surface area contributed by atoms with Crippen molar-refractivity contribution in [2.45, 2.75) is 4.90 Å². The smallest absolute Gasteiger partial charge is 0.261 e. The van der Waals surface area contributed by atoms with Gasteiger partial charge in [-0.1, -0.05) is 0 Å². The number of hydrogen-bond acceptors (Lipinski definition) is 5. The SMILES string of the molecule is CNCCOc1ccc(S(=O)(=O)Nc2ccncc2)cc1. The Balaban J connectivity index is 2.06. The molecule has 7 heteroatoms. The summed E-state index contributed by atoms with van der Waals surface area (Å²) in [5.74, 6) is 0.633. The van der Waals surface area contributed by atoms with E-state index < -0.39 is 10.0 Å². The third-order valence-corrected chi connectivity index (χ3v) is 4.08. The van der Waals surface area contributed by atoms with Crippen LogP contribution < -0.4 is 14.8 Å². The molecule has 6 nitrogen and oxygen atoms in total. The summed E-state index contributed by atoms with van der Waals surface area (Å²) in [4.78, 5) is 4.02. The molecule has 0 fully saturated rings. The number of hydrogen-bond donors (Lipinski definition) is 2. The van der Waals surface area contributed by atoms with E-state index in [-0.39, 0.29) is 4.90 Å². The Morgan fingerprint density at radius 3 is 2.38 bits per heavy atom. The summed E-state index contributed by atoms with van der Waals surface area (Å²) < 4.78 is 32.3. The lowest BCUT2D eigenvalue weighted by Crippen LogP contribution is -2.16. The molecule has 2 aromatic rings. The highest BCUT2D eigenvalue weighted by Gasteiger charge is 2.13. The van der Waals surface area contributed by atoms with Crippen molar-refractivity contribution in [1.82, 2.24) is 10.3 Å². The summed E-state index contributed by atoms with van der Waals surface area (Å²) in [7, 11) is -1.76. The summed E-state index contributed by atoms with van der Waals surface area (Å²) in [5, 5.41) is 2.96. The maximum Gasteiger partial charge on any atom is 0.261 e. The van der Waals surface area contributed by atoms with Crippen molar-refractivity contribution in [3.05, 3.63) is 48.8 Å². The Hall–Kier alpha value is -2.12. The monoisotopic (exact) mass is 307 g/mol. The topological polar surface area (TPSA) is 80.3 Å². The predicted octanol–water partition coefficient (Wildman–Crippen LogP) is 1.48. The average Bonchev–Trinajstić information content (AvgIpc) is 2.49.